The van der Waals surface area contributed by atoms with Crippen molar-refractivity contribution in [3.63, 3.8) is 0 Å². The van der Waals surface area contributed by atoms with E-state index in [1.165, 1.54) is 5.56 Å². The zero-order valence-corrected chi connectivity index (χ0v) is 17.2. The van der Waals surface area contributed by atoms with E-state index in [4.69, 9.17) is 14.2 Å². The summed E-state index contributed by atoms with van der Waals surface area (Å²) in [5.41, 5.74) is 1.23. The quantitative estimate of drug-likeness (QED) is 0.373. The highest BCUT2D eigenvalue weighted by Gasteiger charge is 2.17. The Morgan fingerprint density at radius 1 is 1.30 bits per heavy atom. The second-order valence-corrected chi connectivity index (χ2v) is 7.17. The average molecular weight is 378 g/mol. The summed E-state index contributed by atoms with van der Waals surface area (Å²) < 4.78 is 17.2. The summed E-state index contributed by atoms with van der Waals surface area (Å²) in [6.45, 7) is 12.6. The van der Waals surface area contributed by atoms with Gasteiger partial charge in [0, 0.05) is 19.2 Å². The van der Waals surface area contributed by atoms with E-state index in [0.717, 1.165) is 31.3 Å². The molecule has 2 atom stereocenters. The third kappa shape index (κ3) is 7.77. The van der Waals surface area contributed by atoms with Crippen molar-refractivity contribution < 1.29 is 14.2 Å². The summed E-state index contributed by atoms with van der Waals surface area (Å²) in [6.07, 6.45) is 1.21. The van der Waals surface area contributed by atoms with E-state index in [1.54, 1.807) is 0 Å². The minimum absolute atomic E-state index is 0.172. The first kappa shape index (κ1) is 21.5. The smallest absolute Gasteiger partial charge is 0.191 e. The third-order valence-electron chi connectivity index (χ3n) is 4.36. The number of ether oxygens (including phenoxy) is 3. The summed E-state index contributed by atoms with van der Waals surface area (Å²) in [6, 6.07) is 8.37. The highest BCUT2D eigenvalue weighted by atomic mass is 16.5. The van der Waals surface area contributed by atoms with Crippen LogP contribution in [0.3, 0.4) is 0 Å². The molecule has 0 radical (unpaired) electrons. The first-order valence-corrected chi connectivity index (χ1v) is 10.1. The van der Waals surface area contributed by atoms with Gasteiger partial charge < -0.3 is 24.8 Å². The molecule has 1 saturated heterocycles. The van der Waals surface area contributed by atoms with Crippen LogP contribution in [0, 0.1) is 0 Å². The first-order chi connectivity index (χ1) is 13.1. The van der Waals surface area contributed by atoms with Gasteiger partial charge in [-0.3, -0.25) is 0 Å². The van der Waals surface area contributed by atoms with Gasteiger partial charge in [-0.25, -0.2) is 4.99 Å². The molecule has 0 aromatic heterocycles. The molecule has 1 fully saturated rings. The van der Waals surface area contributed by atoms with Crippen LogP contribution in [0.15, 0.2) is 29.3 Å². The zero-order valence-electron chi connectivity index (χ0n) is 17.2. The van der Waals surface area contributed by atoms with Crippen LogP contribution in [-0.4, -0.2) is 57.6 Å². The lowest BCUT2D eigenvalue weighted by Crippen LogP contribution is -2.44. The normalized spacial score (nSPS) is 18.6. The van der Waals surface area contributed by atoms with Gasteiger partial charge >= 0.3 is 0 Å². The summed E-state index contributed by atoms with van der Waals surface area (Å²) >= 11 is 0. The van der Waals surface area contributed by atoms with Gasteiger partial charge in [-0.2, -0.15) is 0 Å². The molecule has 0 aliphatic carbocycles. The van der Waals surface area contributed by atoms with E-state index in [1.807, 2.05) is 12.1 Å². The van der Waals surface area contributed by atoms with E-state index < -0.39 is 0 Å². The molecule has 27 heavy (non-hydrogen) atoms. The van der Waals surface area contributed by atoms with Gasteiger partial charge in [-0.15, -0.1) is 0 Å². The molecular weight excluding hydrogens is 342 g/mol. The number of nitrogens with one attached hydrogen (secondary N) is 2. The molecule has 1 aromatic rings. The fourth-order valence-electron chi connectivity index (χ4n) is 2.92. The highest BCUT2D eigenvalue weighted by Crippen LogP contribution is 2.25. The molecule has 1 aromatic carbocycles. The Hall–Kier alpha value is -1.79. The molecule has 0 spiro atoms. The number of nitrogens with zero attached hydrogens (tertiary/aromatic N) is 1. The first-order valence-electron chi connectivity index (χ1n) is 10.1. The zero-order chi connectivity index (χ0) is 19.5. The molecule has 0 bridgehead atoms. The van der Waals surface area contributed by atoms with E-state index in [-0.39, 0.29) is 12.1 Å². The predicted molar refractivity (Wildman–Crippen MR) is 110 cm³/mol. The molecule has 152 valence electrons. The Balaban J connectivity index is 1.77. The van der Waals surface area contributed by atoms with E-state index in [0.29, 0.717) is 32.3 Å². The number of rotatable bonds is 10. The number of para-hydroxylation sites is 1. The summed E-state index contributed by atoms with van der Waals surface area (Å²) in [4.78, 5) is 4.61. The van der Waals surface area contributed by atoms with Crippen LogP contribution in [0.25, 0.3) is 0 Å². The number of hydrogen-bond donors (Lipinski definition) is 2. The molecule has 0 saturated carbocycles. The molecule has 1 heterocycles. The van der Waals surface area contributed by atoms with Crippen molar-refractivity contribution in [2.24, 2.45) is 4.99 Å². The Labute approximate surface area is 163 Å². The highest BCUT2D eigenvalue weighted by molar-refractivity contribution is 5.80. The van der Waals surface area contributed by atoms with Crippen molar-refractivity contribution in [1.82, 2.24) is 10.6 Å². The van der Waals surface area contributed by atoms with Gasteiger partial charge in [0.05, 0.1) is 25.9 Å². The fourth-order valence-corrected chi connectivity index (χ4v) is 2.92. The van der Waals surface area contributed by atoms with Crippen LogP contribution >= 0.6 is 0 Å². The molecule has 1 aliphatic rings. The van der Waals surface area contributed by atoms with Gasteiger partial charge in [-0.1, -0.05) is 32.0 Å². The standard InChI is InChI=1S/C21H35N3O3/c1-5-22-21(24-17(4)14-27-18-10-12-25-15-18)23-11-13-26-20-9-7-6-8-19(20)16(2)3/h6-9,16-18H,5,10-15H2,1-4H3,(H2,22,23,24). The SMILES string of the molecule is CCNC(=NCCOc1ccccc1C(C)C)NC(C)COC1CCOC1. The molecular formula is C21H35N3O3. The van der Waals surface area contributed by atoms with Crippen molar-refractivity contribution in [2.75, 3.05) is 39.5 Å². The third-order valence-corrected chi connectivity index (χ3v) is 4.36. The molecule has 1 aliphatic heterocycles. The van der Waals surface area contributed by atoms with Gasteiger partial charge in [0.2, 0.25) is 0 Å². The lowest BCUT2D eigenvalue weighted by atomic mass is 10.0. The van der Waals surface area contributed by atoms with E-state index >= 15 is 0 Å². The number of benzene rings is 1. The van der Waals surface area contributed by atoms with E-state index in [9.17, 15) is 0 Å². The van der Waals surface area contributed by atoms with Crippen LogP contribution in [0.1, 0.15) is 45.6 Å². The van der Waals surface area contributed by atoms with Crippen LogP contribution in [0.5, 0.6) is 5.75 Å². The van der Waals surface area contributed by atoms with Gasteiger partial charge in [-0.05, 0) is 37.8 Å². The maximum atomic E-state index is 5.95. The number of hydrogen-bond acceptors (Lipinski definition) is 4. The number of aliphatic imine (C=N–C) groups is 1. The van der Waals surface area contributed by atoms with Crippen molar-refractivity contribution in [3.05, 3.63) is 29.8 Å². The minimum Gasteiger partial charge on any atom is -0.491 e. The van der Waals surface area contributed by atoms with Crippen LogP contribution in [-0.2, 0) is 9.47 Å². The number of guanidine groups is 1. The molecule has 2 unspecified atom stereocenters. The molecule has 0 amide bonds. The van der Waals surface area contributed by atoms with Crippen LogP contribution in [0.2, 0.25) is 0 Å². The minimum atomic E-state index is 0.172. The molecule has 2 rings (SSSR count). The lowest BCUT2D eigenvalue weighted by Gasteiger charge is -2.19. The Kier molecular flexibility index (Phi) is 9.42. The van der Waals surface area contributed by atoms with Crippen molar-refractivity contribution in [1.29, 1.82) is 0 Å². The van der Waals surface area contributed by atoms with Crippen molar-refractivity contribution in [2.45, 2.75) is 52.2 Å². The molecule has 6 nitrogen and oxygen atoms in total. The van der Waals surface area contributed by atoms with Gasteiger partial charge in [0.25, 0.3) is 0 Å². The maximum absolute atomic E-state index is 5.95. The Morgan fingerprint density at radius 2 is 2.11 bits per heavy atom. The molecule has 6 heteroatoms. The summed E-state index contributed by atoms with van der Waals surface area (Å²) in [5.74, 6) is 2.17. The van der Waals surface area contributed by atoms with E-state index in [2.05, 4.69) is 55.5 Å². The Morgan fingerprint density at radius 3 is 2.81 bits per heavy atom. The van der Waals surface area contributed by atoms with Gasteiger partial charge in [0.15, 0.2) is 5.96 Å². The monoisotopic (exact) mass is 377 g/mol. The molecule has 2 N–H and O–H groups in total. The van der Waals surface area contributed by atoms with Crippen LogP contribution in [0.4, 0.5) is 0 Å². The second-order valence-electron chi connectivity index (χ2n) is 7.17. The van der Waals surface area contributed by atoms with Crippen molar-refractivity contribution >= 4 is 5.96 Å². The fraction of sp³-hybridized carbons (Fsp3) is 0.667. The summed E-state index contributed by atoms with van der Waals surface area (Å²) in [5, 5.41) is 6.66. The second kappa shape index (κ2) is 11.8. The summed E-state index contributed by atoms with van der Waals surface area (Å²) in [7, 11) is 0. The van der Waals surface area contributed by atoms with Crippen molar-refractivity contribution in [3.8, 4) is 5.75 Å². The lowest BCUT2D eigenvalue weighted by molar-refractivity contribution is 0.0347. The maximum Gasteiger partial charge on any atom is 0.191 e. The predicted octanol–water partition coefficient (Wildman–Crippen LogP) is 2.94. The largest absolute Gasteiger partial charge is 0.491 e. The van der Waals surface area contributed by atoms with Gasteiger partial charge in [0.1, 0.15) is 12.4 Å². The topological polar surface area (TPSA) is 64.1 Å². The van der Waals surface area contributed by atoms with Crippen LogP contribution < -0.4 is 15.4 Å². The average Bonchev–Trinajstić information content (AvgIpc) is 3.17. The Bertz CT molecular complexity index is 572.